The summed E-state index contributed by atoms with van der Waals surface area (Å²) in [5.41, 5.74) is 0.130. The molecule has 2 amide bonds. The van der Waals surface area contributed by atoms with E-state index in [0.29, 0.717) is 19.3 Å². The van der Waals surface area contributed by atoms with Gasteiger partial charge in [-0.2, -0.15) is 0 Å². The molecule has 0 heterocycles. The van der Waals surface area contributed by atoms with Crippen LogP contribution >= 0.6 is 0 Å². The molecule has 0 aliphatic heterocycles. The van der Waals surface area contributed by atoms with E-state index in [1.807, 2.05) is 44.2 Å². The van der Waals surface area contributed by atoms with E-state index < -0.39 is 53.3 Å². The van der Waals surface area contributed by atoms with Crippen LogP contribution in [0.4, 0.5) is 0 Å². The maximum atomic E-state index is 13.4. The Morgan fingerprint density at radius 3 is 2.11 bits per heavy atom. The van der Waals surface area contributed by atoms with Crippen LogP contribution in [-0.4, -0.2) is 46.5 Å². The normalized spacial score (nSPS) is 19.9. The van der Waals surface area contributed by atoms with Crippen LogP contribution in [0.3, 0.4) is 0 Å². The second kappa shape index (κ2) is 12.7. The lowest BCUT2D eigenvalue weighted by molar-refractivity contribution is -0.159. The third-order valence-electron chi connectivity index (χ3n) is 6.05. The van der Waals surface area contributed by atoms with Crippen LogP contribution in [-0.2, 0) is 30.3 Å². The molecule has 2 rings (SSSR count). The van der Waals surface area contributed by atoms with Crippen LogP contribution in [0.1, 0.15) is 72.3 Å². The predicted octanol–water partition coefficient (Wildman–Crippen LogP) is 3.48. The summed E-state index contributed by atoms with van der Waals surface area (Å²) in [6.45, 7) is 9.19. The number of benzene rings is 1. The van der Waals surface area contributed by atoms with Gasteiger partial charge in [0.1, 0.15) is 17.7 Å². The molecule has 8 nitrogen and oxygen atoms in total. The molecule has 0 unspecified atom stereocenters. The smallest absolute Gasteiger partial charge is 0.329 e. The van der Waals surface area contributed by atoms with Crippen LogP contribution < -0.4 is 10.6 Å². The maximum absolute atomic E-state index is 13.4. The minimum atomic E-state index is -0.990. The molecule has 1 aliphatic carbocycles. The first-order chi connectivity index (χ1) is 16.4. The van der Waals surface area contributed by atoms with E-state index in [4.69, 9.17) is 4.74 Å². The second-order valence-corrected chi connectivity index (χ2v) is 10.8. The van der Waals surface area contributed by atoms with Crippen molar-refractivity contribution in [1.82, 2.24) is 10.6 Å². The van der Waals surface area contributed by atoms with Crippen molar-refractivity contribution < 1.29 is 29.0 Å². The Kier molecular flexibility index (Phi) is 10.3. The minimum Gasteiger partial charge on any atom is -0.481 e. The number of amides is 2. The second-order valence-electron chi connectivity index (χ2n) is 10.8. The zero-order valence-electron chi connectivity index (χ0n) is 21.5. The van der Waals surface area contributed by atoms with Gasteiger partial charge in [-0.25, -0.2) is 4.79 Å². The van der Waals surface area contributed by atoms with Gasteiger partial charge >= 0.3 is 11.9 Å². The number of aliphatic carboxylic acids is 1. The van der Waals surface area contributed by atoms with Crippen molar-refractivity contribution in [3.8, 4) is 0 Å². The number of rotatable bonds is 10. The van der Waals surface area contributed by atoms with E-state index >= 15 is 0 Å². The van der Waals surface area contributed by atoms with Gasteiger partial charge in [-0.15, -0.1) is 0 Å². The highest BCUT2D eigenvalue weighted by Gasteiger charge is 2.38. The molecule has 1 aromatic carbocycles. The van der Waals surface area contributed by atoms with Gasteiger partial charge in [0.15, 0.2) is 0 Å². The predicted molar refractivity (Wildman–Crippen MR) is 132 cm³/mol. The number of ether oxygens (including phenoxy) is 1. The molecule has 8 heteroatoms. The quantitative estimate of drug-likeness (QED) is 0.434. The molecule has 0 aromatic heterocycles. The van der Waals surface area contributed by atoms with Crippen molar-refractivity contribution in [3.63, 3.8) is 0 Å². The van der Waals surface area contributed by atoms with E-state index in [1.165, 1.54) is 0 Å². The SMILES string of the molecule is CC(C)C[C@H](NC(=O)[C@H](Cc1ccccc1)NC(=O)[C@@H]1CCCC[C@H]1C(=O)O)C(=O)OC(C)(C)C. The number of hydrogen-bond donors (Lipinski definition) is 3. The fourth-order valence-electron chi connectivity index (χ4n) is 4.41. The zero-order chi connectivity index (χ0) is 26.2. The van der Waals surface area contributed by atoms with Gasteiger partial charge in [-0.05, 0) is 51.5 Å². The number of nitrogens with one attached hydrogen (secondary N) is 2. The highest BCUT2D eigenvalue weighted by atomic mass is 16.6. The van der Waals surface area contributed by atoms with E-state index in [-0.39, 0.29) is 12.3 Å². The Labute approximate surface area is 208 Å². The maximum Gasteiger partial charge on any atom is 0.329 e. The summed E-state index contributed by atoms with van der Waals surface area (Å²) in [5.74, 6) is -3.79. The number of carboxylic acids is 1. The van der Waals surface area contributed by atoms with Gasteiger partial charge < -0.3 is 20.5 Å². The van der Waals surface area contributed by atoms with E-state index in [9.17, 15) is 24.3 Å². The topological polar surface area (TPSA) is 122 Å². The lowest BCUT2D eigenvalue weighted by Crippen LogP contribution is -2.55. The van der Waals surface area contributed by atoms with Gasteiger partial charge in [0, 0.05) is 6.42 Å². The molecule has 0 radical (unpaired) electrons. The monoisotopic (exact) mass is 488 g/mol. The van der Waals surface area contributed by atoms with Crippen molar-refractivity contribution in [2.24, 2.45) is 17.8 Å². The molecule has 194 valence electrons. The summed E-state index contributed by atoms with van der Waals surface area (Å²) in [7, 11) is 0. The van der Waals surface area contributed by atoms with Gasteiger partial charge in [-0.3, -0.25) is 14.4 Å². The average Bonchev–Trinajstić information content (AvgIpc) is 2.77. The Bertz CT molecular complexity index is 877. The largest absolute Gasteiger partial charge is 0.481 e. The van der Waals surface area contributed by atoms with Gasteiger partial charge in [0.2, 0.25) is 11.8 Å². The standard InChI is InChI=1S/C27H40N2O6/c1-17(2)15-22(26(34)35-27(3,4)5)29-24(31)21(16-18-11-7-6-8-12-18)28-23(30)19-13-9-10-14-20(19)25(32)33/h6-8,11-12,17,19-22H,9-10,13-16H2,1-5H3,(H,28,30)(H,29,31)(H,32,33)/t19-,20-,21+,22+/m1/s1. The van der Waals surface area contributed by atoms with Crippen LogP contribution in [0.15, 0.2) is 30.3 Å². The summed E-state index contributed by atoms with van der Waals surface area (Å²) in [4.78, 5) is 51.1. The molecular formula is C27H40N2O6. The van der Waals surface area contributed by atoms with Crippen LogP contribution in [0.25, 0.3) is 0 Å². The number of carboxylic acid groups (broad SMARTS) is 1. The Hall–Kier alpha value is -2.90. The third-order valence-corrected chi connectivity index (χ3v) is 6.05. The van der Waals surface area contributed by atoms with Gasteiger partial charge in [0.25, 0.3) is 0 Å². The third kappa shape index (κ3) is 9.34. The Morgan fingerprint density at radius 2 is 1.57 bits per heavy atom. The number of esters is 1. The number of carbonyl (C=O) groups is 4. The average molecular weight is 489 g/mol. The Balaban J connectivity index is 2.24. The van der Waals surface area contributed by atoms with Gasteiger partial charge in [-0.1, -0.05) is 57.0 Å². The van der Waals surface area contributed by atoms with E-state index in [1.54, 1.807) is 20.8 Å². The summed E-state index contributed by atoms with van der Waals surface area (Å²) in [6, 6.07) is 7.43. The van der Waals surface area contributed by atoms with Crippen molar-refractivity contribution >= 4 is 23.8 Å². The summed E-state index contributed by atoms with van der Waals surface area (Å²) in [5, 5.41) is 15.2. The first kappa shape index (κ1) is 28.3. The molecule has 1 saturated carbocycles. The molecule has 0 saturated heterocycles. The molecule has 35 heavy (non-hydrogen) atoms. The fraction of sp³-hybridized carbons (Fsp3) is 0.630. The molecule has 1 fully saturated rings. The summed E-state index contributed by atoms with van der Waals surface area (Å²) < 4.78 is 5.51. The van der Waals surface area contributed by atoms with Crippen molar-refractivity contribution in [2.45, 2.75) is 90.8 Å². The highest BCUT2D eigenvalue weighted by molar-refractivity contribution is 5.92. The molecule has 4 atom stereocenters. The van der Waals surface area contributed by atoms with Gasteiger partial charge in [0.05, 0.1) is 11.8 Å². The molecule has 1 aliphatic rings. The first-order valence-electron chi connectivity index (χ1n) is 12.5. The van der Waals surface area contributed by atoms with Crippen LogP contribution in [0.2, 0.25) is 0 Å². The van der Waals surface area contributed by atoms with Crippen LogP contribution in [0, 0.1) is 17.8 Å². The minimum absolute atomic E-state index is 0.119. The summed E-state index contributed by atoms with van der Waals surface area (Å²) >= 11 is 0. The van der Waals surface area contributed by atoms with E-state index in [0.717, 1.165) is 18.4 Å². The Morgan fingerprint density at radius 1 is 0.971 bits per heavy atom. The molecule has 1 aromatic rings. The van der Waals surface area contributed by atoms with Crippen molar-refractivity contribution in [1.29, 1.82) is 0 Å². The molecule has 0 bridgehead atoms. The summed E-state index contributed by atoms with van der Waals surface area (Å²) in [6.07, 6.45) is 3.05. The first-order valence-corrected chi connectivity index (χ1v) is 12.5. The number of carbonyl (C=O) groups excluding carboxylic acids is 3. The van der Waals surface area contributed by atoms with Crippen LogP contribution in [0.5, 0.6) is 0 Å². The molecule has 3 N–H and O–H groups in total. The molecule has 0 spiro atoms. The zero-order valence-corrected chi connectivity index (χ0v) is 21.5. The van der Waals surface area contributed by atoms with Crippen molar-refractivity contribution in [3.05, 3.63) is 35.9 Å². The van der Waals surface area contributed by atoms with Crippen molar-refractivity contribution in [2.75, 3.05) is 0 Å². The molecular weight excluding hydrogens is 448 g/mol. The highest BCUT2D eigenvalue weighted by Crippen LogP contribution is 2.30. The lowest BCUT2D eigenvalue weighted by atomic mass is 9.78. The fourth-order valence-corrected chi connectivity index (χ4v) is 4.41. The number of hydrogen-bond acceptors (Lipinski definition) is 5. The van der Waals surface area contributed by atoms with E-state index in [2.05, 4.69) is 10.6 Å². The lowest BCUT2D eigenvalue weighted by Gasteiger charge is -2.30.